The van der Waals surface area contributed by atoms with Crippen molar-refractivity contribution in [2.24, 2.45) is 0 Å². The lowest BCUT2D eigenvalue weighted by Crippen LogP contribution is -2.11. The smallest absolute Gasteiger partial charge is 0.141 e. The van der Waals surface area contributed by atoms with Crippen LogP contribution in [-0.4, -0.2) is 29.1 Å². The van der Waals surface area contributed by atoms with Crippen LogP contribution >= 0.6 is 0 Å². The van der Waals surface area contributed by atoms with E-state index in [2.05, 4.69) is 27.4 Å². The maximum atomic E-state index is 5.58. The first kappa shape index (κ1) is 18.6. The zero-order valence-electron chi connectivity index (χ0n) is 16.7. The van der Waals surface area contributed by atoms with Gasteiger partial charge in [0.05, 0.1) is 18.4 Å². The zero-order chi connectivity index (χ0) is 20.2. The fourth-order valence-corrected chi connectivity index (χ4v) is 3.13. The molecule has 0 spiro atoms. The van der Waals surface area contributed by atoms with Crippen molar-refractivity contribution in [3.63, 3.8) is 0 Å². The number of H-pyrrole nitrogens is 1. The lowest BCUT2D eigenvalue weighted by molar-refractivity contribution is 0.416. The van der Waals surface area contributed by atoms with Gasteiger partial charge in [-0.2, -0.15) is 0 Å². The molecular formula is C23H23N5O. The number of anilines is 4. The number of pyridine rings is 1. The second-order valence-electron chi connectivity index (χ2n) is 6.71. The maximum absolute atomic E-state index is 5.58. The number of methoxy groups -OCH3 is 1. The highest BCUT2D eigenvalue weighted by Crippen LogP contribution is 2.32. The van der Waals surface area contributed by atoms with Crippen molar-refractivity contribution < 1.29 is 4.74 Å². The molecule has 2 aromatic heterocycles. The first-order valence-electron chi connectivity index (χ1n) is 9.37. The third-order valence-electron chi connectivity index (χ3n) is 4.66. The third kappa shape index (κ3) is 4.06. The Bertz CT molecular complexity index is 1110. The molecule has 0 amide bonds. The maximum Gasteiger partial charge on any atom is 0.141 e. The number of rotatable bonds is 6. The van der Waals surface area contributed by atoms with Crippen LogP contribution < -0.4 is 15.0 Å². The van der Waals surface area contributed by atoms with Crippen LogP contribution in [0.1, 0.15) is 5.69 Å². The Kier molecular flexibility index (Phi) is 5.16. The number of ether oxygens (including phenoxy) is 1. The normalized spacial score (nSPS) is 10.6. The standard InChI is InChI=1S/C23H23N5O/c1-16-15-24-23(25-16)19-13-12-17(14-20(19)29-3)26-21-10-7-11-22(27-21)28(2)18-8-5-4-6-9-18/h4-15H,1-3H3,(H,24,25)(H,26,27). The van der Waals surface area contributed by atoms with Gasteiger partial charge in [0, 0.05) is 30.7 Å². The van der Waals surface area contributed by atoms with E-state index in [9.17, 15) is 0 Å². The summed E-state index contributed by atoms with van der Waals surface area (Å²) in [6, 6.07) is 22.0. The van der Waals surface area contributed by atoms with E-state index in [-0.39, 0.29) is 0 Å². The molecule has 0 radical (unpaired) electrons. The molecule has 6 nitrogen and oxygen atoms in total. The minimum Gasteiger partial charge on any atom is -0.496 e. The van der Waals surface area contributed by atoms with Gasteiger partial charge in [0.2, 0.25) is 0 Å². The van der Waals surface area contributed by atoms with Crippen LogP contribution in [-0.2, 0) is 0 Å². The lowest BCUT2D eigenvalue weighted by atomic mass is 10.1. The first-order chi connectivity index (χ1) is 14.1. The molecule has 0 unspecified atom stereocenters. The molecule has 0 atom stereocenters. The number of aromatic amines is 1. The van der Waals surface area contributed by atoms with Gasteiger partial charge in [-0.25, -0.2) is 9.97 Å². The molecule has 0 fully saturated rings. The number of benzene rings is 2. The van der Waals surface area contributed by atoms with Gasteiger partial charge < -0.3 is 19.9 Å². The van der Waals surface area contributed by atoms with Crippen LogP contribution in [0.4, 0.5) is 23.0 Å². The Balaban J connectivity index is 1.58. The first-order valence-corrected chi connectivity index (χ1v) is 9.37. The Labute approximate surface area is 170 Å². The van der Waals surface area contributed by atoms with Crippen molar-refractivity contribution in [1.82, 2.24) is 15.0 Å². The van der Waals surface area contributed by atoms with Crippen molar-refractivity contribution in [2.75, 3.05) is 24.4 Å². The molecule has 2 heterocycles. The molecule has 146 valence electrons. The van der Waals surface area contributed by atoms with Gasteiger partial charge in [-0.3, -0.25) is 0 Å². The van der Waals surface area contributed by atoms with Crippen LogP contribution in [0.5, 0.6) is 5.75 Å². The van der Waals surface area contributed by atoms with Gasteiger partial charge in [-0.15, -0.1) is 0 Å². The monoisotopic (exact) mass is 385 g/mol. The van der Waals surface area contributed by atoms with E-state index in [1.54, 1.807) is 7.11 Å². The molecule has 2 N–H and O–H groups in total. The van der Waals surface area contributed by atoms with Gasteiger partial charge in [-0.1, -0.05) is 24.3 Å². The van der Waals surface area contributed by atoms with Crippen LogP contribution in [0.25, 0.3) is 11.4 Å². The quantitative estimate of drug-likeness (QED) is 0.471. The Morgan fingerprint density at radius 3 is 2.52 bits per heavy atom. The molecule has 4 rings (SSSR count). The van der Waals surface area contributed by atoms with Crippen LogP contribution in [0.3, 0.4) is 0 Å². The summed E-state index contributed by atoms with van der Waals surface area (Å²) < 4.78 is 5.58. The predicted octanol–water partition coefficient (Wildman–Crippen LogP) is 5.30. The summed E-state index contributed by atoms with van der Waals surface area (Å²) in [4.78, 5) is 14.4. The highest BCUT2D eigenvalue weighted by molar-refractivity contribution is 5.71. The second kappa shape index (κ2) is 8.06. The van der Waals surface area contributed by atoms with Crippen molar-refractivity contribution in [3.8, 4) is 17.1 Å². The zero-order valence-corrected chi connectivity index (χ0v) is 16.7. The number of aromatic nitrogens is 3. The molecule has 6 heteroatoms. The third-order valence-corrected chi connectivity index (χ3v) is 4.66. The van der Waals surface area contributed by atoms with Gasteiger partial charge in [-0.05, 0) is 43.3 Å². The minimum absolute atomic E-state index is 0.738. The van der Waals surface area contributed by atoms with E-state index in [1.807, 2.05) is 79.7 Å². The van der Waals surface area contributed by atoms with Gasteiger partial charge in [0.15, 0.2) is 0 Å². The molecule has 4 aromatic rings. The van der Waals surface area contributed by atoms with Crippen LogP contribution in [0.15, 0.2) is 72.9 Å². The van der Waals surface area contributed by atoms with E-state index in [1.165, 1.54) is 0 Å². The second-order valence-corrected chi connectivity index (χ2v) is 6.71. The average Bonchev–Trinajstić information content (AvgIpc) is 3.20. The van der Waals surface area contributed by atoms with E-state index in [4.69, 9.17) is 9.72 Å². The number of hydrogen-bond donors (Lipinski definition) is 2. The topological polar surface area (TPSA) is 66.1 Å². The summed E-state index contributed by atoms with van der Waals surface area (Å²) >= 11 is 0. The molecule has 0 aliphatic heterocycles. The fraction of sp³-hybridized carbons (Fsp3) is 0.130. The minimum atomic E-state index is 0.738. The number of nitrogens with one attached hydrogen (secondary N) is 2. The van der Waals surface area contributed by atoms with Crippen molar-refractivity contribution in [2.45, 2.75) is 6.92 Å². The van der Waals surface area contributed by atoms with E-state index in [0.29, 0.717) is 0 Å². The Hall–Kier alpha value is -3.80. The van der Waals surface area contributed by atoms with E-state index >= 15 is 0 Å². The fourth-order valence-electron chi connectivity index (χ4n) is 3.13. The van der Waals surface area contributed by atoms with Crippen molar-refractivity contribution >= 4 is 23.0 Å². The molecule has 0 aliphatic rings. The molecule has 0 saturated carbocycles. The molecule has 0 saturated heterocycles. The van der Waals surface area contributed by atoms with E-state index < -0.39 is 0 Å². The SMILES string of the molecule is COc1cc(Nc2cccc(N(C)c3ccccc3)n2)ccc1-c1nc(C)c[nH]1. The highest BCUT2D eigenvalue weighted by atomic mass is 16.5. The van der Waals surface area contributed by atoms with Crippen LogP contribution in [0.2, 0.25) is 0 Å². The Morgan fingerprint density at radius 1 is 0.966 bits per heavy atom. The molecule has 29 heavy (non-hydrogen) atoms. The van der Waals surface area contributed by atoms with E-state index in [0.717, 1.165) is 45.8 Å². The van der Waals surface area contributed by atoms with Crippen LogP contribution in [0, 0.1) is 6.92 Å². The summed E-state index contributed by atoms with van der Waals surface area (Å²) in [6.07, 6.45) is 1.87. The summed E-state index contributed by atoms with van der Waals surface area (Å²) in [5.74, 6) is 3.14. The summed E-state index contributed by atoms with van der Waals surface area (Å²) in [5.41, 5.74) is 3.82. The van der Waals surface area contributed by atoms with Gasteiger partial charge >= 0.3 is 0 Å². The largest absolute Gasteiger partial charge is 0.496 e. The number of imidazole rings is 1. The summed E-state index contributed by atoms with van der Waals surface area (Å²) in [5, 5.41) is 3.36. The summed E-state index contributed by atoms with van der Waals surface area (Å²) in [7, 11) is 3.66. The number of para-hydroxylation sites is 1. The number of hydrogen-bond acceptors (Lipinski definition) is 5. The number of nitrogens with zero attached hydrogens (tertiary/aromatic N) is 3. The molecule has 2 aromatic carbocycles. The van der Waals surface area contributed by atoms with Gasteiger partial charge in [0.1, 0.15) is 23.2 Å². The molecule has 0 bridgehead atoms. The van der Waals surface area contributed by atoms with Crippen molar-refractivity contribution in [3.05, 3.63) is 78.6 Å². The number of aryl methyl sites for hydroxylation is 1. The lowest BCUT2D eigenvalue weighted by Gasteiger charge is -2.19. The van der Waals surface area contributed by atoms with Crippen molar-refractivity contribution in [1.29, 1.82) is 0 Å². The summed E-state index contributed by atoms with van der Waals surface area (Å²) in [6.45, 7) is 1.95. The molecular weight excluding hydrogens is 362 g/mol. The highest BCUT2D eigenvalue weighted by Gasteiger charge is 2.11. The molecule has 0 aliphatic carbocycles. The Morgan fingerprint density at radius 2 is 1.79 bits per heavy atom. The average molecular weight is 385 g/mol. The predicted molar refractivity (Wildman–Crippen MR) is 117 cm³/mol. The van der Waals surface area contributed by atoms with Gasteiger partial charge in [0.25, 0.3) is 0 Å².